The zero-order valence-electron chi connectivity index (χ0n) is 20.9. The van der Waals surface area contributed by atoms with Gasteiger partial charge in [-0.15, -0.1) is 0 Å². The molecule has 11 heteroatoms. The first-order valence-corrected chi connectivity index (χ1v) is 13.8. The number of sulfonamides is 1. The second kappa shape index (κ2) is 9.75. The maximum atomic E-state index is 15.7. The number of carbonyl (C=O) groups is 2. The average molecular weight is 539 g/mol. The van der Waals surface area contributed by atoms with Crippen molar-refractivity contribution in [2.75, 3.05) is 6.26 Å². The molecule has 2 atom stereocenters. The van der Waals surface area contributed by atoms with Crippen molar-refractivity contribution in [1.29, 1.82) is 0 Å². The van der Waals surface area contributed by atoms with Crippen LogP contribution in [0.15, 0.2) is 36.4 Å². The lowest BCUT2D eigenvalue weighted by Gasteiger charge is -2.59. The fourth-order valence-electron chi connectivity index (χ4n) is 5.48. The van der Waals surface area contributed by atoms with Crippen LogP contribution in [0.25, 0.3) is 11.1 Å². The maximum absolute atomic E-state index is 15.7. The highest BCUT2D eigenvalue weighted by molar-refractivity contribution is 7.88. The second-order valence-electron chi connectivity index (χ2n) is 10.3. The number of hydrogen-bond acceptors (Lipinski definition) is 5. The van der Waals surface area contributed by atoms with Gasteiger partial charge in [0, 0.05) is 30.6 Å². The summed E-state index contributed by atoms with van der Waals surface area (Å²) in [5.41, 5.74) is -1.39. The molecule has 2 saturated heterocycles. The Kier molecular flexibility index (Phi) is 7.15. The first-order valence-electron chi connectivity index (χ1n) is 11.9. The van der Waals surface area contributed by atoms with E-state index in [1.54, 1.807) is 0 Å². The third-order valence-corrected chi connectivity index (χ3v) is 7.70. The SMILES string of the molecule is CC(=O)OC(C)(C)C(=O)N1C2CC(C2)[C@H](NS(C)(=O)=O)[C@@H]1Cc1cccc(-c2cc(F)cc(F)c2)c1F. The van der Waals surface area contributed by atoms with E-state index in [2.05, 4.69) is 4.72 Å². The number of hydrogen-bond donors (Lipinski definition) is 1. The first-order chi connectivity index (χ1) is 17.2. The van der Waals surface area contributed by atoms with E-state index < -0.39 is 57.0 Å². The van der Waals surface area contributed by atoms with E-state index in [1.807, 2.05) is 0 Å². The minimum atomic E-state index is -3.68. The lowest BCUT2D eigenvalue weighted by molar-refractivity contribution is -0.179. The van der Waals surface area contributed by atoms with Crippen molar-refractivity contribution in [2.24, 2.45) is 5.92 Å². The Hall–Kier alpha value is -2.92. The van der Waals surface area contributed by atoms with Crippen LogP contribution in [0.2, 0.25) is 0 Å². The standard InChI is InChI=1S/C26H29F3N2O5S/c1-14(32)36-26(2,3)25(33)31-20-10-17(11-20)24(30-37(4,34)35)22(31)12-15-6-5-7-21(23(15)29)16-8-18(27)13-19(28)9-16/h5-9,13,17,20,22,24,30H,10-12H2,1-4H3/t17?,20?,22-,24-/m0/s1. The van der Waals surface area contributed by atoms with Crippen molar-refractivity contribution in [3.8, 4) is 11.1 Å². The van der Waals surface area contributed by atoms with E-state index in [4.69, 9.17) is 4.74 Å². The van der Waals surface area contributed by atoms with Gasteiger partial charge < -0.3 is 9.64 Å². The van der Waals surface area contributed by atoms with E-state index in [9.17, 15) is 26.8 Å². The van der Waals surface area contributed by atoms with Crippen molar-refractivity contribution in [3.63, 3.8) is 0 Å². The molecule has 37 heavy (non-hydrogen) atoms. The molecule has 1 amide bonds. The number of amides is 1. The predicted octanol–water partition coefficient (Wildman–Crippen LogP) is 3.56. The van der Waals surface area contributed by atoms with Gasteiger partial charge in [0.1, 0.15) is 17.5 Å². The number of carbonyl (C=O) groups excluding carboxylic acids is 2. The lowest BCUT2D eigenvalue weighted by atomic mass is 9.66. The molecule has 0 unspecified atom stereocenters. The minimum absolute atomic E-state index is 0.0121. The quantitative estimate of drug-likeness (QED) is 0.545. The molecule has 0 spiro atoms. The number of ether oxygens (including phenoxy) is 1. The van der Waals surface area contributed by atoms with Gasteiger partial charge >= 0.3 is 5.97 Å². The highest BCUT2D eigenvalue weighted by Crippen LogP contribution is 2.45. The van der Waals surface area contributed by atoms with Crippen molar-refractivity contribution in [2.45, 2.75) is 63.8 Å². The van der Waals surface area contributed by atoms with Gasteiger partial charge in [0.25, 0.3) is 5.91 Å². The van der Waals surface area contributed by atoms with Crippen LogP contribution in [-0.2, 0) is 30.8 Å². The van der Waals surface area contributed by atoms with Gasteiger partial charge in [-0.2, -0.15) is 0 Å². The Morgan fingerprint density at radius 3 is 2.30 bits per heavy atom. The number of halogens is 3. The molecule has 2 heterocycles. The molecule has 0 aromatic heterocycles. The van der Waals surface area contributed by atoms with Crippen LogP contribution in [0.4, 0.5) is 13.2 Å². The Bertz CT molecular complexity index is 1320. The number of esters is 1. The van der Waals surface area contributed by atoms with Gasteiger partial charge in [-0.3, -0.25) is 9.59 Å². The molecule has 0 radical (unpaired) electrons. The van der Waals surface area contributed by atoms with Gasteiger partial charge in [0.2, 0.25) is 10.0 Å². The van der Waals surface area contributed by atoms with Crippen LogP contribution in [0.3, 0.4) is 0 Å². The van der Waals surface area contributed by atoms with Crippen molar-refractivity contribution in [3.05, 3.63) is 59.4 Å². The molecule has 1 N–H and O–H groups in total. The third-order valence-electron chi connectivity index (χ3n) is 7.00. The zero-order chi connectivity index (χ0) is 27.3. The summed E-state index contributed by atoms with van der Waals surface area (Å²) in [6, 6.07) is 5.44. The molecular weight excluding hydrogens is 509 g/mol. The van der Waals surface area contributed by atoms with E-state index in [0.717, 1.165) is 18.4 Å². The Labute approximate surface area is 214 Å². The molecule has 200 valence electrons. The number of nitrogens with one attached hydrogen (secondary N) is 1. The summed E-state index contributed by atoms with van der Waals surface area (Å²) in [7, 11) is -3.68. The fraction of sp³-hybridized carbons (Fsp3) is 0.462. The molecule has 7 nitrogen and oxygen atoms in total. The number of nitrogens with zero attached hydrogens (tertiary/aromatic N) is 1. The van der Waals surface area contributed by atoms with Gasteiger partial charge in [0.05, 0.1) is 12.3 Å². The monoisotopic (exact) mass is 538 g/mol. The smallest absolute Gasteiger partial charge is 0.303 e. The van der Waals surface area contributed by atoms with Gasteiger partial charge in [-0.05, 0) is 62.3 Å². The van der Waals surface area contributed by atoms with Crippen LogP contribution in [0.5, 0.6) is 0 Å². The van der Waals surface area contributed by atoms with Gasteiger partial charge in [-0.25, -0.2) is 26.3 Å². The fourth-order valence-corrected chi connectivity index (χ4v) is 6.32. The normalized spacial score (nSPS) is 23.4. The van der Waals surface area contributed by atoms with Crippen molar-refractivity contribution >= 4 is 21.9 Å². The number of rotatable bonds is 7. The van der Waals surface area contributed by atoms with Crippen LogP contribution >= 0.6 is 0 Å². The highest BCUT2D eigenvalue weighted by Gasteiger charge is 2.55. The molecule has 2 bridgehead atoms. The summed E-state index contributed by atoms with van der Waals surface area (Å²) in [5, 5.41) is 0. The number of piperidine rings is 2. The van der Waals surface area contributed by atoms with Gasteiger partial charge in [-0.1, -0.05) is 18.2 Å². The molecular formula is C26H29F3N2O5S. The summed E-state index contributed by atoms with van der Waals surface area (Å²) in [4.78, 5) is 26.8. The van der Waals surface area contributed by atoms with Crippen LogP contribution in [0.1, 0.15) is 39.2 Å². The highest BCUT2D eigenvalue weighted by atomic mass is 32.2. The van der Waals surface area contributed by atoms with Crippen LogP contribution in [-0.4, -0.2) is 55.2 Å². The third kappa shape index (κ3) is 5.67. The zero-order valence-corrected chi connectivity index (χ0v) is 21.7. The van der Waals surface area contributed by atoms with Gasteiger partial charge in [0.15, 0.2) is 5.60 Å². The summed E-state index contributed by atoms with van der Waals surface area (Å²) < 4.78 is 75.7. The molecule has 2 aliphatic heterocycles. The molecule has 2 aromatic rings. The van der Waals surface area contributed by atoms with Crippen molar-refractivity contribution in [1.82, 2.24) is 9.62 Å². The van der Waals surface area contributed by atoms with E-state index in [0.29, 0.717) is 18.9 Å². The topological polar surface area (TPSA) is 92.8 Å². The lowest BCUT2D eigenvalue weighted by Crippen LogP contribution is -2.72. The summed E-state index contributed by atoms with van der Waals surface area (Å²) >= 11 is 0. The van der Waals surface area contributed by atoms with E-state index >= 15 is 4.39 Å². The van der Waals surface area contributed by atoms with Crippen molar-refractivity contribution < 1.29 is 35.9 Å². The Balaban J connectivity index is 1.75. The Morgan fingerprint density at radius 2 is 1.73 bits per heavy atom. The summed E-state index contributed by atoms with van der Waals surface area (Å²) in [6.45, 7) is 4.10. The maximum Gasteiger partial charge on any atom is 0.303 e. The first kappa shape index (κ1) is 27.1. The molecule has 3 fully saturated rings. The second-order valence-corrected chi connectivity index (χ2v) is 12.1. The molecule has 5 rings (SSSR count). The molecule has 3 aliphatic rings. The predicted molar refractivity (Wildman–Crippen MR) is 130 cm³/mol. The number of benzene rings is 2. The minimum Gasteiger partial charge on any atom is -0.450 e. The summed E-state index contributed by atoms with van der Waals surface area (Å²) in [5.74, 6) is -3.65. The van der Waals surface area contributed by atoms with E-state index in [1.165, 1.54) is 43.9 Å². The number of fused-ring (bicyclic) bond motifs is 2. The van der Waals surface area contributed by atoms with Crippen LogP contribution < -0.4 is 4.72 Å². The molecule has 1 saturated carbocycles. The molecule has 2 aromatic carbocycles. The molecule has 1 aliphatic carbocycles. The van der Waals surface area contributed by atoms with E-state index in [-0.39, 0.29) is 35.1 Å². The Morgan fingerprint density at radius 1 is 1.11 bits per heavy atom. The largest absolute Gasteiger partial charge is 0.450 e. The van der Waals surface area contributed by atoms with Crippen LogP contribution in [0, 0.1) is 23.4 Å². The average Bonchev–Trinajstić information content (AvgIpc) is 2.71. The summed E-state index contributed by atoms with van der Waals surface area (Å²) in [6.07, 6.45) is 2.05.